The van der Waals surface area contributed by atoms with Gasteiger partial charge in [0.25, 0.3) is 0 Å². The lowest BCUT2D eigenvalue weighted by Crippen LogP contribution is -2.68. The molecule has 42 heavy (non-hydrogen) atoms. The minimum atomic E-state index is -4.69. The number of unbranched alkanes of at least 4 members (excludes halogenated alkanes) is 2. The molecule has 0 spiro atoms. The summed E-state index contributed by atoms with van der Waals surface area (Å²) in [6, 6.07) is -1.49. The van der Waals surface area contributed by atoms with Crippen LogP contribution >= 0.6 is 7.82 Å². The highest BCUT2D eigenvalue weighted by molar-refractivity contribution is 7.47. The molecule has 12 atom stereocenters. The number of ether oxygens (including phenoxy) is 4. The Morgan fingerprint density at radius 3 is 2.19 bits per heavy atom. The molecule has 0 bridgehead atoms. The molecule has 11 N–H and O–H groups in total. The molecule has 0 radical (unpaired) electrons. The zero-order valence-electron chi connectivity index (χ0n) is 22.8. The molecule has 20 heteroatoms. The maximum atomic E-state index is 12.3. The van der Waals surface area contributed by atoms with Crippen molar-refractivity contribution in [1.29, 1.82) is 0 Å². The van der Waals surface area contributed by atoms with E-state index in [1.807, 2.05) is 0 Å². The monoisotopic (exact) mass is 636 g/mol. The van der Waals surface area contributed by atoms with E-state index in [0.29, 0.717) is 25.8 Å². The van der Waals surface area contributed by atoms with E-state index in [4.69, 9.17) is 33.7 Å². The van der Waals surface area contributed by atoms with Gasteiger partial charge in [-0.1, -0.05) is 0 Å². The van der Waals surface area contributed by atoms with E-state index in [9.17, 15) is 54.8 Å². The topological polar surface area (TPSA) is 306 Å². The molecule has 0 aromatic rings. The number of aliphatic hydroxyl groups excluding tert-OH is 6. The average molecular weight is 637 g/mol. The molecule has 19 nitrogen and oxygen atoms in total. The molecule has 1 amide bonds. The van der Waals surface area contributed by atoms with E-state index >= 15 is 0 Å². The molecule has 0 aromatic heterocycles. The summed E-state index contributed by atoms with van der Waals surface area (Å²) in [7, 11) is -4.69. The molecule has 2 aliphatic rings. The minimum absolute atomic E-state index is 0.154. The molecule has 2 saturated heterocycles. The smallest absolute Gasteiger partial charge is 0.472 e. The van der Waals surface area contributed by atoms with Crippen molar-refractivity contribution in [3.05, 3.63) is 0 Å². The number of carboxylic acid groups (broad SMARTS) is 1. The zero-order valence-corrected chi connectivity index (χ0v) is 23.7. The molecule has 2 fully saturated rings. The van der Waals surface area contributed by atoms with Gasteiger partial charge in [-0.2, -0.15) is 0 Å². The van der Waals surface area contributed by atoms with Crippen molar-refractivity contribution in [3.63, 3.8) is 0 Å². The lowest BCUT2D eigenvalue weighted by atomic mass is 9.95. The van der Waals surface area contributed by atoms with Crippen LogP contribution in [0.15, 0.2) is 0 Å². The van der Waals surface area contributed by atoms with Crippen molar-refractivity contribution in [1.82, 2.24) is 5.32 Å². The number of carbonyl (C=O) groups excluding carboxylic acids is 1. The highest BCUT2D eigenvalue weighted by Gasteiger charge is 2.52. The van der Waals surface area contributed by atoms with Crippen LogP contribution in [-0.4, -0.2) is 153 Å². The van der Waals surface area contributed by atoms with E-state index in [1.165, 1.54) is 0 Å². The van der Waals surface area contributed by atoms with Crippen molar-refractivity contribution in [2.24, 2.45) is 5.73 Å². The largest absolute Gasteiger partial charge is 0.479 e. The zero-order chi connectivity index (χ0) is 31.6. The Kier molecular flexibility index (Phi) is 15.1. The Labute approximate surface area is 240 Å². The Balaban J connectivity index is 2.27. The SMILES string of the molecule is CC(=O)N[C@H]1[C@@H](O[C@@H]2[C@@H](O)[C@@H](O[C@H](CO)C(=O)O)O[C@H](COP(=O)(O)OCCCCCN)[C@H]2O)O[C@H](CO)[C@@H](O)[C@@H]1O. The average Bonchev–Trinajstić information content (AvgIpc) is 2.93. The van der Waals surface area contributed by atoms with Crippen molar-refractivity contribution >= 4 is 19.7 Å². The van der Waals surface area contributed by atoms with Crippen LogP contribution < -0.4 is 11.1 Å². The van der Waals surface area contributed by atoms with Crippen molar-refractivity contribution in [2.75, 3.05) is 33.0 Å². The Morgan fingerprint density at radius 2 is 1.62 bits per heavy atom. The quantitative estimate of drug-likeness (QED) is 0.0531. The second kappa shape index (κ2) is 17.2. The third kappa shape index (κ3) is 10.4. The van der Waals surface area contributed by atoms with Crippen LogP contribution in [0, 0.1) is 0 Å². The number of hydrogen-bond donors (Lipinski definition) is 10. The van der Waals surface area contributed by atoms with Gasteiger partial charge < -0.3 is 70.6 Å². The summed E-state index contributed by atoms with van der Waals surface area (Å²) in [5.74, 6) is -2.34. The normalized spacial score (nSPS) is 35.7. The fourth-order valence-electron chi connectivity index (χ4n) is 4.20. The second-order valence-corrected chi connectivity index (χ2v) is 11.1. The van der Waals surface area contributed by atoms with Gasteiger partial charge in [0.05, 0.1) is 26.4 Å². The number of aliphatic carboxylic acids is 1. The summed E-state index contributed by atoms with van der Waals surface area (Å²) in [6.45, 7) is -1.38. The second-order valence-electron chi connectivity index (χ2n) is 9.65. The van der Waals surface area contributed by atoms with Crippen LogP contribution in [0.4, 0.5) is 0 Å². The minimum Gasteiger partial charge on any atom is -0.479 e. The first-order chi connectivity index (χ1) is 19.8. The van der Waals surface area contributed by atoms with Crippen molar-refractivity contribution < 1.29 is 82.8 Å². The number of carboxylic acids is 1. The van der Waals surface area contributed by atoms with E-state index in [2.05, 4.69) is 5.32 Å². The van der Waals surface area contributed by atoms with E-state index < -0.39 is 107 Å². The highest BCUT2D eigenvalue weighted by Crippen LogP contribution is 2.44. The van der Waals surface area contributed by atoms with Gasteiger partial charge in [-0.05, 0) is 25.8 Å². The van der Waals surface area contributed by atoms with Crippen molar-refractivity contribution in [3.8, 4) is 0 Å². The van der Waals surface area contributed by atoms with E-state index in [1.54, 1.807) is 0 Å². The van der Waals surface area contributed by atoms with Crippen LogP contribution in [-0.2, 0) is 42.1 Å². The molecule has 246 valence electrons. The van der Waals surface area contributed by atoms with Gasteiger partial charge in [0.1, 0.15) is 48.8 Å². The standard InChI is InChI=1S/C22H41N2O17P/c1-10(27)24-14-17(30)15(28)11(7-25)38-21(14)41-19-16(29)13(9-37-42(34,35)36-6-4-2-3-5-23)40-22(18(19)31)39-12(8-26)20(32)33/h11-19,21-22,25-26,28-31H,2-9,23H2,1H3,(H,24,27)(H,32,33)(H,34,35)/t11-,12-,13-,14-,15-,16-,17-,18-,19+,21-,22+/m1/s1. The first-order valence-corrected chi connectivity index (χ1v) is 14.6. The van der Waals surface area contributed by atoms with Crippen LogP contribution in [0.2, 0.25) is 0 Å². The predicted molar refractivity (Wildman–Crippen MR) is 135 cm³/mol. The summed E-state index contributed by atoms with van der Waals surface area (Å²) >= 11 is 0. The molecule has 0 saturated carbocycles. The summed E-state index contributed by atoms with van der Waals surface area (Å²) in [6.07, 6.45) is -16.2. The molecule has 0 aliphatic carbocycles. The first kappa shape index (κ1) is 36.8. The van der Waals surface area contributed by atoms with Crippen LogP contribution in [0.1, 0.15) is 26.2 Å². The summed E-state index contributed by atoms with van der Waals surface area (Å²) < 4.78 is 43.8. The molecular formula is C22H41N2O17P. The Hall–Kier alpha value is -1.39. The summed E-state index contributed by atoms with van der Waals surface area (Å²) in [4.78, 5) is 33.2. The van der Waals surface area contributed by atoms with Gasteiger partial charge in [-0.25, -0.2) is 9.36 Å². The number of amides is 1. The van der Waals surface area contributed by atoms with Gasteiger partial charge in [0.2, 0.25) is 5.91 Å². The van der Waals surface area contributed by atoms with Crippen molar-refractivity contribution in [2.45, 2.75) is 93.6 Å². The van der Waals surface area contributed by atoms with Gasteiger partial charge in [-0.3, -0.25) is 13.8 Å². The molecule has 0 aromatic carbocycles. The molecule has 1 unspecified atom stereocenters. The predicted octanol–water partition coefficient (Wildman–Crippen LogP) is -4.51. The number of nitrogens with one attached hydrogen (secondary N) is 1. The molecular weight excluding hydrogens is 595 g/mol. The Morgan fingerprint density at radius 1 is 0.952 bits per heavy atom. The van der Waals surface area contributed by atoms with Gasteiger partial charge >= 0.3 is 13.8 Å². The number of phosphoric acid groups is 1. The molecule has 2 rings (SSSR count). The maximum Gasteiger partial charge on any atom is 0.472 e. The van der Waals surface area contributed by atoms with Crippen LogP contribution in [0.5, 0.6) is 0 Å². The van der Waals surface area contributed by atoms with Gasteiger partial charge in [0, 0.05) is 6.92 Å². The van der Waals surface area contributed by atoms with E-state index in [-0.39, 0.29) is 6.61 Å². The number of hydrogen-bond acceptors (Lipinski definition) is 16. The lowest BCUT2D eigenvalue weighted by molar-refractivity contribution is -0.351. The summed E-state index contributed by atoms with van der Waals surface area (Å²) in [5, 5.41) is 73.1. The van der Waals surface area contributed by atoms with Crippen LogP contribution in [0.25, 0.3) is 0 Å². The van der Waals surface area contributed by atoms with Gasteiger partial charge in [0.15, 0.2) is 18.7 Å². The maximum absolute atomic E-state index is 12.3. The number of rotatable bonds is 17. The first-order valence-electron chi connectivity index (χ1n) is 13.1. The third-order valence-corrected chi connectivity index (χ3v) is 7.41. The fraction of sp³-hybridized carbons (Fsp3) is 0.909. The number of carbonyl (C=O) groups is 2. The van der Waals surface area contributed by atoms with Crippen LogP contribution in [0.3, 0.4) is 0 Å². The molecule has 2 heterocycles. The number of aliphatic hydroxyl groups is 6. The number of nitrogens with two attached hydrogens (primary N) is 1. The third-order valence-electron chi connectivity index (χ3n) is 6.43. The molecule has 2 aliphatic heterocycles. The fourth-order valence-corrected chi connectivity index (χ4v) is 4.97. The summed E-state index contributed by atoms with van der Waals surface area (Å²) in [5.41, 5.74) is 5.39. The van der Waals surface area contributed by atoms with Gasteiger partial charge in [-0.15, -0.1) is 0 Å². The lowest BCUT2D eigenvalue weighted by Gasteiger charge is -2.47. The highest BCUT2D eigenvalue weighted by atomic mass is 31.2. The number of phosphoric ester groups is 1. The van der Waals surface area contributed by atoms with E-state index in [0.717, 1.165) is 6.92 Å². The Bertz CT molecular complexity index is 901.